The lowest BCUT2D eigenvalue weighted by atomic mass is 9.82. The van der Waals surface area contributed by atoms with E-state index in [1.807, 2.05) is 43.3 Å². The summed E-state index contributed by atoms with van der Waals surface area (Å²) < 4.78 is 35.9. The number of hydrogen-bond donors (Lipinski definition) is 0. The average molecular weight is 432 g/mol. The number of methoxy groups -OCH3 is 1. The number of benzene rings is 3. The van der Waals surface area contributed by atoms with Gasteiger partial charge < -0.3 is 4.74 Å². The van der Waals surface area contributed by atoms with E-state index in [0.717, 1.165) is 23.1 Å². The first-order valence-corrected chi connectivity index (χ1v) is 12.2. The normalized spacial score (nSPS) is 31.2. The average Bonchev–Trinajstić information content (AvgIpc) is 3.31. The van der Waals surface area contributed by atoms with Gasteiger partial charge in [-0.2, -0.15) is 4.31 Å². The van der Waals surface area contributed by atoms with Gasteiger partial charge in [-0.15, -0.1) is 0 Å². The monoisotopic (exact) mass is 431 g/mol. The molecule has 1 saturated heterocycles. The first-order valence-electron chi connectivity index (χ1n) is 10.8. The van der Waals surface area contributed by atoms with Gasteiger partial charge in [0.25, 0.3) is 0 Å². The van der Waals surface area contributed by atoms with E-state index >= 15 is 0 Å². The Morgan fingerprint density at radius 1 is 0.903 bits per heavy atom. The van der Waals surface area contributed by atoms with Crippen molar-refractivity contribution in [1.82, 2.24) is 4.31 Å². The number of piperidine rings is 1. The standard InChI is InChI=1S/C26H25NO3S/c1-18-12-14-21(15-13-18)31(28,29)27-17-20-16-25(20)22-10-6-7-11-23(22)26(30-2,24(25)27)19-8-4-3-5-9-19/h3-15,20,24H,16-17H2,1-2H3/t20-,24-,25-,26+/m0/s1. The summed E-state index contributed by atoms with van der Waals surface area (Å²) in [6.45, 7) is 2.50. The Hall–Kier alpha value is -2.47. The minimum atomic E-state index is -3.67. The Balaban J connectivity index is 1.59. The summed E-state index contributed by atoms with van der Waals surface area (Å²) in [7, 11) is -1.95. The van der Waals surface area contributed by atoms with Crippen molar-refractivity contribution in [2.45, 2.75) is 35.3 Å². The van der Waals surface area contributed by atoms with E-state index in [-0.39, 0.29) is 11.5 Å². The Bertz CT molecular complexity index is 1270. The van der Waals surface area contributed by atoms with Crippen LogP contribution < -0.4 is 0 Å². The van der Waals surface area contributed by atoms with E-state index in [4.69, 9.17) is 4.74 Å². The Kier molecular flexibility index (Phi) is 3.90. The fourth-order valence-corrected chi connectivity index (χ4v) is 8.06. The van der Waals surface area contributed by atoms with Crippen LogP contribution >= 0.6 is 0 Å². The predicted octanol–water partition coefficient (Wildman–Crippen LogP) is 4.23. The van der Waals surface area contributed by atoms with Crippen LogP contribution in [0.1, 0.15) is 28.7 Å². The van der Waals surface area contributed by atoms with Gasteiger partial charge in [0.2, 0.25) is 10.0 Å². The fourth-order valence-electron chi connectivity index (χ4n) is 6.31. The molecule has 6 rings (SSSR count). The zero-order chi connectivity index (χ0) is 21.4. The zero-order valence-electron chi connectivity index (χ0n) is 17.7. The topological polar surface area (TPSA) is 46.6 Å². The number of rotatable bonds is 4. The van der Waals surface area contributed by atoms with Crippen LogP contribution in [0.3, 0.4) is 0 Å². The maximum Gasteiger partial charge on any atom is 0.243 e. The minimum absolute atomic E-state index is 0.180. The zero-order valence-corrected chi connectivity index (χ0v) is 18.5. The first kappa shape index (κ1) is 19.2. The molecule has 4 nitrogen and oxygen atoms in total. The Morgan fingerprint density at radius 2 is 1.55 bits per heavy atom. The van der Waals surface area contributed by atoms with Gasteiger partial charge in [0, 0.05) is 19.1 Å². The number of nitrogens with zero attached hydrogens (tertiary/aromatic N) is 1. The second-order valence-corrected chi connectivity index (χ2v) is 11.0. The van der Waals surface area contributed by atoms with Crippen molar-refractivity contribution in [3.05, 3.63) is 101 Å². The molecule has 0 amide bonds. The van der Waals surface area contributed by atoms with E-state index < -0.39 is 15.6 Å². The van der Waals surface area contributed by atoms with Gasteiger partial charge in [-0.05, 0) is 48.1 Å². The molecule has 3 aliphatic rings. The van der Waals surface area contributed by atoms with Crippen molar-refractivity contribution in [2.75, 3.05) is 13.7 Å². The largest absolute Gasteiger partial charge is 0.367 e. The number of sulfonamides is 1. The smallest absolute Gasteiger partial charge is 0.243 e. The summed E-state index contributed by atoms with van der Waals surface area (Å²) in [4.78, 5) is 0.351. The number of aryl methyl sites for hydroxylation is 1. The molecule has 2 aliphatic carbocycles. The van der Waals surface area contributed by atoms with Crippen LogP contribution in [0, 0.1) is 12.8 Å². The molecule has 0 unspecified atom stereocenters. The van der Waals surface area contributed by atoms with Crippen molar-refractivity contribution in [2.24, 2.45) is 5.92 Å². The third-order valence-corrected chi connectivity index (χ3v) is 9.54. The second kappa shape index (κ2) is 6.28. The van der Waals surface area contributed by atoms with Crippen LogP contribution in [0.2, 0.25) is 0 Å². The van der Waals surface area contributed by atoms with Crippen molar-refractivity contribution < 1.29 is 13.2 Å². The molecule has 1 saturated carbocycles. The van der Waals surface area contributed by atoms with Gasteiger partial charge >= 0.3 is 0 Å². The summed E-state index contributed by atoms with van der Waals surface area (Å²) in [5.41, 5.74) is 3.38. The van der Waals surface area contributed by atoms with Gasteiger partial charge in [-0.1, -0.05) is 72.3 Å². The molecule has 2 fully saturated rings. The molecule has 0 radical (unpaired) electrons. The van der Waals surface area contributed by atoms with Crippen LogP contribution in [-0.2, 0) is 25.8 Å². The van der Waals surface area contributed by atoms with Crippen LogP contribution in [0.5, 0.6) is 0 Å². The lowest BCUT2D eigenvalue weighted by Crippen LogP contribution is -2.53. The van der Waals surface area contributed by atoms with Crippen LogP contribution in [-0.4, -0.2) is 32.4 Å². The Labute approximate surface area is 183 Å². The van der Waals surface area contributed by atoms with E-state index in [1.165, 1.54) is 5.56 Å². The maximum absolute atomic E-state index is 13.9. The van der Waals surface area contributed by atoms with Gasteiger partial charge in [0.05, 0.1) is 10.9 Å². The quantitative estimate of drug-likeness (QED) is 0.621. The number of hydrogen-bond acceptors (Lipinski definition) is 3. The molecule has 3 aromatic rings. The highest BCUT2D eigenvalue weighted by Gasteiger charge is 2.78. The molecular formula is C26H25NO3S. The predicted molar refractivity (Wildman–Crippen MR) is 119 cm³/mol. The fraction of sp³-hybridized carbons (Fsp3) is 0.308. The molecule has 5 heteroatoms. The lowest BCUT2D eigenvalue weighted by Gasteiger charge is -2.41. The molecule has 1 spiro atoms. The molecule has 158 valence electrons. The molecule has 4 atom stereocenters. The summed E-state index contributed by atoms with van der Waals surface area (Å²) in [6.07, 6.45) is 1.01. The highest BCUT2D eigenvalue weighted by Crippen LogP contribution is 2.73. The highest BCUT2D eigenvalue weighted by molar-refractivity contribution is 7.89. The van der Waals surface area contributed by atoms with Gasteiger partial charge in [-0.3, -0.25) is 0 Å². The van der Waals surface area contributed by atoms with Crippen molar-refractivity contribution in [1.29, 1.82) is 0 Å². The second-order valence-electron chi connectivity index (χ2n) is 9.08. The van der Waals surface area contributed by atoms with Crippen molar-refractivity contribution in [3.8, 4) is 0 Å². The summed E-state index contributed by atoms with van der Waals surface area (Å²) in [5.74, 6) is 0.319. The molecule has 0 bridgehead atoms. The number of fused-ring (bicyclic) bond motifs is 1. The maximum atomic E-state index is 13.9. The minimum Gasteiger partial charge on any atom is -0.367 e. The third kappa shape index (κ3) is 2.29. The SMILES string of the molecule is CO[C@]1(c2ccccc2)c2ccccc2[C@]23C[C@H]2CN(S(=O)(=O)c2ccc(C)cc2)[C@H]13. The highest BCUT2D eigenvalue weighted by atomic mass is 32.2. The summed E-state index contributed by atoms with van der Waals surface area (Å²) in [6, 6.07) is 25.4. The van der Waals surface area contributed by atoms with Crippen molar-refractivity contribution >= 4 is 10.0 Å². The van der Waals surface area contributed by atoms with Crippen molar-refractivity contribution in [3.63, 3.8) is 0 Å². The van der Waals surface area contributed by atoms with E-state index in [1.54, 1.807) is 23.5 Å². The molecule has 31 heavy (non-hydrogen) atoms. The molecule has 1 aliphatic heterocycles. The van der Waals surface area contributed by atoms with Gasteiger partial charge in [0.15, 0.2) is 0 Å². The third-order valence-electron chi connectivity index (χ3n) is 7.69. The summed E-state index contributed by atoms with van der Waals surface area (Å²) >= 11 is 0. The lowest BCUT2D eigenvalue weighted by molar-refractivity contribution is -0.0241. The van der Waals surface area contributed by atoms with Gasteiger partial charge in [-0.25, -0.2) is 8.42 Å². The molecule has 0 aromatic heterocycles. The first-order chi connectivity index (χ1) is 15.0. The van der Waals surface area contributed by atoms with Gasteiger partial charge in [0.1, 0.15) is 5.60 Å². The Morgan fingerprint density at radius 3 is 2.23 bits per heavy atom. The van der Waals surface area contributed by atoms with Crippen LogP contribution in [0.25, 0.3) is 0 Å². The van der Waals surface area contributed by atoms with Crippen LogP contribution in [0.15, 0.2) is 83.8 Å². The van der Waals surface area contributed by atoms with E-state index in [2.05, 4.69) is 30.3 Å². The molecular weight excluding hydrogens is 406 g/mol. The van der Waals surface area contributed by atoms with E-state index in [0.29, 0.717) is 17.4 Å². The molecule has 3 aromatic carbocycles. The van der Waals surface area contributed by atoms with Crippen LogP contribution in [0.4, 0.5) is 0 Å². The van der Waals surface area contributed by atoms with E-state index in [9.17, 15) is 8.42 Å². The number of ether oxygens (including phenoxy) is 1. The molecule has 0 N–H and O–H groups in total. The summed E-state index contributed by atoms with van der Waals surface area (Å²) in [5, 5.41) is 0. The molecule has 1 heterocycles.